The average Bonchev–Trinajstić information content (AvgIpc) is 2.96. The minimum absolute atomic E-state index is 0.0232. The number of fused-ring (bicyclic) bond motifs is 1. The van der Waals surface area contributed by atoms with E-state index in [1.165, 1.54) is 0 Å². The molecule has 3 aromatic heterocycles. The molecule has 138 valence electrons. The molecule has 0 aliphatic carbocycles. The van der Waals surface area contributed by atoms with E-state index in [-0.39, 0.29) is 5.88 Å². The fourth-order valence-electron chi connectivity index (χ4n) is 2.73. The summed E-state index contributed by atoms with van der Waals surface area (Å²) in [5.41, 5.74) is 1.76. The van der Waals surface area contributed by atoms with Crippen molar-refractivity contribution in [2.75, 3.05) is 0 Å². The third kappa shape index (κ3) is 3.54. The molecule has 7 nitrogen and oxygen atoms in total. The number of aromatic nitrogens is 3. The average molecular weight is 435 g/mol. The molecule has 4 rings (SSSR count). The van der Waals surface area contributed by atoms with E-state index >= 15 is 0 Å². The summed E-state index contributed by atoms with van der Waals surface area (Å²) in [6, 6.07) is 16.6. The Kier molecular flexibility index (Phi) is 4.94. The molecule has 8 heteroatoms. The lowest BCUT2D eigenvalue weighted by Crippen LogP contribution is -1.99. The van der Waals surface area contributed by atoms with Crippen molar-refractivity contribution < 1.29 is 5.11 Å². The van der Waals surface area contributed by atoms with E-state index in [9.17, 15) is 5.11 Å². The largest absolute Gasteiger partial charge is 0.493 e. The highest BCUT2D eigenvalue weighted by Gasteiger charge is 2.15. The number of aryl methyl sites for hydroxylation is 1. The Morgan fingerprint density at radius 1 is 1.04 bits per heavy atom. The van der Waals surface area contributed by atoms with Gasteiger partial charge in [-0.2, -0.15) is 0 Å². The zero-order valence-electron chi connectivity index (χ0n) is 14.9. The van der Waals surface area contributed by atoms with Gasteiger partial charge in [-0.15, -0.1) is 10.2 Å². The molecule has 1 N–H and O–H groups in total. The van der Waals surface area contributed by atoms with Crippen LogP contribution in [0.2, 0.25) is 0 Å². The number of rotatable bonds is 3. The first-order chi connectivity index (χ1) is 13.6. The second kappa shape index (κ2) is 7.69. The van der Waals surface area contributed by atoms with Crippen molar-refractivity contribution in [2.45, 2.75) is 0 Å². The first-order valence-electron chi connectivity index (χ1n) is 8.43. The number of benzene rings is 1. The van der Waals surface area contributed by atoms with E-state index in [0.29, 0.717) is 23.0 Å². The maximum atomic E-state index is 10.5. The number of amidine groups is 1. The van der Waals surface area contributed by atoms with Crippen LogP contribution in [-0.4, -0.2) is 25.5 Å². The quantitative estimate of drug-likeness (QED) is 0.269. The van der Waals surface area contributed by atoms with Gasteiger partial charge >= 0.3 is 0 Å². The topological polar surface area (TPSA) is 88.0 Å². The predicted octanol–water partition coefficient (Wildman–Crippen LogP) is 5.30. The lowest BCUT2D eigenvalue weighted by Gasteiger charge is -2.00. The molecule has 0 saturated heterocycles. The molecule has 0 aliphatic rings. The van der Waals surface area contributed by atoms with Crippen LogP contribution in [0.4, 0.5) is 11.5 Å². The SMILES string of the molecule is Cn1c(O)c(N=NC(=Nc2ccccn2)c2ccccn2)c2cc(Br)ccc21. The van der Waals surface area contributed by atoms with Crippen molar-refractivity contribution in [2.24, 2.45) is 22.3 Å². The van der Waals surface area contributed by atoms with Gasteiger partial charge in [0.2, 0.25) is 11.7 Å². The Bertz CT molecular complexity index is 1190. The van der Waals surface area contributed by atoms with Crippen LogP contribution in [0.1, 0.15) is 5.69 Å². The molecule has 4 aromatic rings. The standard InChI is InChI=1S/C20H15BrN6O/c1-27-16-9-8-13(21)12-14(16)18(20(27)28)25-26-19(15-6-2-4-10-22-15)24-17-7-3-5-11-23-17/h2-12,28H,1H3. The molecule has 0 bridgehead atoms. The van der Waals surface area contributed by atoms with Gasteiger partial charge in [0.05, 0.1) is 5.52 Å². The van der Waals surface area contributed by atoms with Crippen molar-refractivity contribution >= 4 is 44.2 Å². The number of aromatic hydroxyl groups is 1. The lowest BCUT2D eigenvalue weighted by molar-refractivity contribution is 0.436. The summed E-state index contributed by atoms with van der Waals surface area (Å²) in [7, 11) is 1.77. The van der Waals surface area contributed by atoms with Gasteiger partial charge in [0, 0.05) is 29.3 Å². The van der Waals surface area contributed by atoms with Crippen LogP contribution in [0.3, 0.4) is 0 Å². The van der Waals surface area contributed by atoms with Crippen LogP contribution in [0.5, 0.6) is 5.88 Å². The predicted molar refractivity (Wildman–Crippen MR) is 111 cm³/mol. The van der Waals surface area contributed by atoms with Gasteiger partial charge in [0.25, 0.3) is 0 Å². The maximum absolute atomic E-state index is 10.5. The Hall–Kier alpha value is -3.39. The number of nitrogens with zero attached hydrogens (tertiary/aromatic N) is 6. The molecule has 0 unspecified atom stereocenters. The first kappa shape index (κ1) is 18.0. The van der Waals surface area contributed by atoms with Gasteiger partial charge in [-0.05, 0) is 42.5 Å². The van der Waals surface area contributed by atoms with Crippen molar-refractivity contribution in [1.29, 1.82) is 0 Å². The highest BCUT2D eigenvalue weighted by molar-refractivity contribution is 9.10. The second-order valence-electron chi connectivity index (χ2n) is 5.93. The van der Waals surface area contributed by atoms with E-state index in [1.54, 1.807) is 36.1 Å². The van der Waals surface area contributed by atoms with E-state index in [0.717, 1.165) is 15.4 Å². The van der Waals surface area contributed by atoms with Crippen LogP contribution in [0, 0.1) is 0 Å². The van der Waals surface area contributed by atoms with Crippen molar-refractivity contribution in [1.82, 2.24) is 14.5 Å². The number of pyridine rings is 2. The molecule has 0 aliphatic heterocycles. The van der Waals surface area contributed by atoms with Crippen molar-refractivity contribution in [3.8, 4) is 5.88 Å². The summed E-state index contributed by atoms with van der Waals surface area (Å²) in [4.78, 5) is 13.0. The third-order valence-electron chi connectivity index (χ3n) is 4.11. The molecule has 0 saturated carbocycles. The molecular weight excluding hydrogens is 420 g/mol. The highest BCUT2D eigenvalue weighted by Crippen LogP contribution is 2.39. The minimum Gasteiger partial charge on any atom is -0.493 e. The zero-order chi connectivity index (χ0) is 19.5. The Balaban J connectivity index is 1.83. The number of halogens is 1. The second-order valence-corrected chi connectivity index (χ2v) is 6.85. The van der Waals surface area contributed by atoms with Crippen molar-refractivity contribution in [3.05, 3.63) is 77.2 Å². The van der Waals surface area contributed by atoms with Crippen LogP contribution in [-0.2, 0) is 7.05 Å². The van der Waals surface area contributed by atoms with Crippen LogP contribution in [0.25, 0.3) is 10.9 Å². The Morgan fingerprint density at radius 2 is 1.82 bits per heavy atom. The molecule has 0 spiro atoms. The summed E-state index contributed by atoms with van der Waals surface area (Å²) in [6.07, 6.45) is 3.31. The summed E-state index contributed by atoms with van der Waals surface area (Å²) in [5, 5.41) is 19.9. The zero-order valence-corrected chi connectivity index (χ0v) is 16.4. The molecule has 3 heterocycles. The van der Waals surface area contributed by atoms with Gasteiger partial charge in [-0.25, -0.2) is 9.98 Å². The molecule has 1 aromatic carbocycles. The van der Waals surface area contributed by atoms with Gasteiger partial charge in [0.15, 0.2) is 11.5 Å². The number of hydrogen-bond acceptors (Lipinski definition) is 5. The highest BCUT2D eigenvalue weighted by atomic mass is 79.9. The fraction of sp³-hybridized carbons (Fsp3) is 0.0500. The number of aliphatic imine (C=N–C) groups is 1. The summed E-state index contributed by atoms with van der Waals surface area (Å²) in [6.45, 7) is 0. The molecule has 28 heavy (non-hydrogen) atoms. The normalized spacial score (nSPS) is 12.1. The van der Waals surface area contributed by atoms with Crippen LogP contribution >= 0.6 is 15.9 Å². The summed E-state index contributed by atoms with van der Waals surface area (Å²) < 4.78 is 2.54. The summed E-state index contributed by atoms with van der Waals surface area (Å²) in [5.74, 6) is 0.813. The molecule has 0 atom stereocenters. The molecule has 0 radical (unpaired) electrons. The van der Waals surface area contributed by atoms with Gasteiger partial charge < -0.3 is 9.67 Å². The fourth-order valence-corrected chi connectivity index (χ4v) is 3.10. The van der Waals surface area contributed by atoms with Crippen molar-refractivity contribution in [3.63, 3.8) is 0 Å². The van der Waals surface area contributed by atoms with E-state index in [4.69, 9.17) is 0 Å². The first-order valence-corrected chi connectivity index (χ1v) is 9.22. The molecule has 0 amide bonds. The van der Waals surface area contributed by atoms with Gasteiger partial charge in [0.1, 0.15) is 5.69 Å². The van der Waals surface area contributed by atoms with E-state index < -0.39 is 0 Å². The van der Waals surface area contributed by atoms with Crippen LogP contribution < -0.4 is 0 Å². The summed E-state index contributed by atoms with van der Waals surface area (Å²) >= 11 is 3.46. The third-order valence-corrected chi connectivity index (χ3v) is 4.61. The smallest absolute Gasteiger partial charge is 0.220 e. The minimum atomic E-state index is 0.0232. The lowest BCUT2D eigenvalue weighted by atomic mass is 10.2. The monoisotopic (exact) mass is 434 g/mol. The molecular formula is C20H15BrN6O. The number of azo groups is 1. The van der Waals surface area contributed by atoms with E-state index in [1.807, 2.05) is 42.5 Å². The maximum Gasteiger partial charge on any atom is 0.220 e. The number of hydrogen-bond donors (Lipinski definition) is 1. The van der Waals surface area contributed by atoms with E-state index in [2.05, 4.69) is 41.1 Å². The van der Waals surface area contributed by atoms with Gasteiger partial charge in [-0.1, -0.05) is 28.1 Å². The Morgan fingerprint density at radius 3 is 2.54 bits per heavy atom. The Labute approximate surface area is 169 Å². The van der Waals surface area contributed by atoms with Gasteiger partial charge in [-0.3, -0.25) is 4.98 Å². The molecule has 0 fully saturated rings. The van der Waals surface area contributed by atoms with Crippen LogP contribution in [0.15, 0.2) is 86.7 Å².